The minimum absolute atomic E-state index is 0.0157. The molecule has 3 rings (SSSR count). The van der Waals surface area contributed by atoms with Gasteiger partial charge in [0.15, 0.2) is 0 Å². The van der Waals surface area contributed by atoms with E-state index in [0.29, 0.717) is 6.54 Å². The van der Waals surface area contributed by atoms with Crippen molar-refractivity contribution in [1.29, 1.82) is 0 Å². The van der Waals surface area contributed by atoms with Gasteiger partial charge in [-0.1, -0.05) is 29.8 Å². The average molecular weight is 302 g/mol. The predicted octanol–water partition coefficient (Wildman–Crippen LogP) is 2.25. The lowest BCUT2D eigenvalue weighted by molar-refractivity contribution is -0.126. The van der Waals surface area contributed by atoms with E-state index in [4.69, 9.17) is 4.74 Å². The summed E-state index contributed by atoms with van der Waals surface area (Å²) < 4.78 is 5.57. The van der Waals surface area contributed by atoms with E-state index < -0.39 is 0 Å². The van der Waals surface area contributed by atoms with Crippen LogP contribution in [0.5, 0.6) is 0 Å². The van der Waals surface area contributed by atoms with E-state index in [1.165, 1.54) is 11.1 Å². The highest BCUT2D eigenvalue weighted by atomic mass is 16.5. The van der Waals surface area contributed by atoms with E-state index in [9.17, 15) is 4.79 Å². The quantitative estimate of drug-likeness (QED) is 0.907. The first kappa shape index (κ1) is 15.5. The highest BCUT2D eigenvalue weighted by molar-refractivity contribution is 5.82. The maximum atomic E-state index is 12.5. The summed E-state index contributed by atoms with van der Waals surface area (Å²) in [7, 11) is 0. The van der Waals surface area contributed by atoms with Gasteiger partial charge in [0.1, 0.15) is 0 Å². The summed E-state index contributed by atoms with van der Waals surface area (Å²) >= 11 is 0. The van der Waals surface area contributed by atoms with E-state index in [1.54, 1.807) is 0 Å². The Bertz CT molecular complexity index is 512. The Kier molecular flexibility index (Phi) is 5.11. The zero-order valence-electron chi connectivity index (χ0n) is 13.4. The van der Waals surface area contributed by atoms with E-state index in [0.717, 1.165) is 45.4 Å². The Morgan fingerprint density at radius 3 is 3.05 bits per heavy atom. The highest BCUT2D eigenvalue weighted by Gasteiger charge is 2.31. The van der Waals surface area contributed by atoms with Crippen LogP contribution < -0.4 is 5.32 Å². The number of likely N-dealkylation sites (tertiary alicyclic amines) is 1. The number of hydrogen-bond donors (Lipinski definition) is 1. The average Bonchev–Trinajstić information content (AvgIpc) is 3.16. The number of benzene rings is 1. The van der Waals surface area contributed by atoms with Gasteiger partial charge >= 0.3 is 0 Å². The van der Waals surface area contributed by atoms with Gasteiger partial charge in [-0.05, 0) is 44.7 Å². The van der Waals surface area contributed by atoms with Crippen LogP contribution in [-0.4, -0.2) is 42.6 Å². The molecule has 0 aliphatic carbocycles. The van der Waals surface area contributed by atoms with Crippen molar-refractivity contribution in [2.75, 3.05) is 19.7 Å². The molecule has 2 unspecified atom stereocenters. The van der Waals surface area contributed by atoms with Crippen molar-refractivity contribution >= 4 is 5.91 Å². The molecule has 4 nitrogen and oxygen atoms in total. The van der Waals surface area contributed by atoms with E-state index >= 15 is 0 Å². The van der Waals surface area contributed by atoms with Gasteiger partial charge in [0.05, 0.1) is 12.1 Å². The first-order valence-corrected chi connectivity index (χ1v) is 8.41. The number of carbonyl (C=O) groups is 1. The van der Waals surface area contributed by atoms with Gasteiger partial charge in [0, 0.05) is 19.7 Å². The third-order valence-electron chi connectivity index (χ3n) is 4.66. The number of nitrogens with one attached hydrogen (secondary N) is 1. The van der Waals surface area contributed by atoms with Crippen molar-refractivity contribution in [3.8, 4) is 0 Å². The summed E-state index contributed by atoms with van der Waals surface area (Å²) in [6.07, 6.45) is 4.46. The molecular weight excluding hydrogens is 276 g/mol. The van der Waals surface area contributed by atoms with Crippen LogP contribution in [0.1, 0.15) is 36.8 Å². The highest BCUT2D eigenvalue weighted by Crippen LogP contribution is 2.21. The smallest absolute Gasteiger partial charge is 0.237 e. The Morgan fingerprint density at radius 2 is 2.27 bits per heavy atom. The summed E-state index contributed by atoms with van der Waals surface area (Å²) in [4.78, 5) is 14.8. The second kappa shape index (κ2) is 7.25. The number of ether oxygens (including phenoxy) is 1. The zero-order valence-corrected chi connectivity index (χ0v) is 13.4. The maximum Gasteiger partial charge on any atom is 0.237 e. The number of hydrogen-bond acceptors (Lipinski definition) is 3. The SMILES string of the molecule is Cc1cccc(CN2CCCC2C(=O)NCC2CCCO2)c1. The molecule has 4 heteroatoms. The topological polar surface area (TPSA) is 41.6 Å². The fourth-order valence-corrected chi connectivity index (χ4v) is 3.49. The molecule has 0 radical (unpaired) electrons. The Hall–Kier alpha value is -1.39. The summed E-state index contributed by atoms with van der Waals surface area (Å²) in [5, 5.41) is 3.09. The molecule has 1 amide bonds. The van der Waals surface area contributed by atoms with Gasteiger partial charge in [-0.15, -0.1) is 0 Å². The van der Waals surface area contributed by atoms with Crippen molar-refractivity contribution in [3.05, 3.63) is 35.4 Å². The first-order chi connectivity index (χ1) is 10.7. The third kappa shape index (κ3) is 3.87. The fourth-order valence-electron chi connectivity index (χ4n) is 3.49. The maximum absolute atomic E-state index is 12.5. The molecule has 2 aliphatic heterocycles. The van der Waals surface area contributed by atoms with Crippen molar-refractivity contribution in [2.45, 2.75) is 51.3 Å². The Balaban J connectivity index is 1.54. The molecule has 2 aliphatic rings. The van der Waals surface area contributed by atoms with Gasteiger partial charge in [-0.2, -0.15) is 0 Å². The second-order valence-corrected chi connectivity index (χ2v) is 6.50. The Labute approximate surface area is 132 Å². The van der Waals surface area contributed by atoms with Crippen LogP contribution in [0.4, 0.5) is 0 Å². The van der Waals surface area contributed by atoms with Crippen molar-refractivity contribution < 1.29 is 9.53 Å². The molecule has 2 saturated heterocycles. The molecule has 2 heterocycles. The number of amides is 1. The van der Waals surface area contributed by atoms with Gasteiger partial charge in [-0.25, -0.2) is 0 Å². The van der Waals surface area contributed by atoms with Crippen LogP contribution in [0.2, 0.25) is 0 Å². The standard InChI is InChI=1S/C18H26N2O2/c1-14-5-2-6-15(11-14)13-20-9-3-8-17(20)18(21)19-12-16-7-4-10-22-16/h2,5-6,11,16-17H,3-4,7-10,12-13H2,1H3,(H,19,21). The summed E-state index contributed by atoms with van der Waals surface area (Å²) in [6, 6.07) is 8.57. The lowest BCUT2D eigenvalue weighted by atomic mass is 10.1. The molecule has 0 bridgehead atoms. The molecule has 1 aromatic carbocycles. The lowest BCUT2D eigenvalue weighted by Gasteiger charge is -2.24. The molecule has 0 spiro atoms. The van der Waals surface area contributed by atoms with Crippen LogP contribution in [0, 0.1) is 6.92 Å². The third-order valence-corrected chi connectivity index (χ3v) is 4.66. The van der Waals surface area contributed by atoms with Crippen molar-refractivity contribution in [3.63, 3.8) is 0 Å². The van der Waals surface area contributed by atoms with Crippen molar-refractivity contribution in [2.24, 2.45) is 0 Å². The molecule has 2 atom stereocenters. The Morgan fingerprint density at radius 1 is 1.36 bits per heavy atom. The van der Waals surface area contributed by atoms with Gasteiger partial charge in [0.2, 0.25) is 5.91 Å². The second-order valence-electron chi connectivity index (χ2n) is 6.50. The zero-order chi connectivity index (χ0) is 15.4. The number of rotatable bonds is 5. The molecule has 0 saturated carbocycles. The van der Waals surface area contributed by atoms with E-state index in [-0.39, 0.29) is 18.1 Å². The van der Waals surface area contributed by atoms with E-state index in [1.807, 2.05) is 0 Å². The van der Waals surface area contributed by atoms with Crippen LogP contribution >= 0.6 is 0 Å². The largest absolute Gasteiger partial charge is 0.376 e. The van der Waals surface area contributed by atoms with Crippen LogP contribution in [0.15, 0.2) is 24.3 Å². The van der Waals surface area contributed by atoms with Crippen LogP contribution in [0.3, 0.4) is 0 Å². The molecule has 22 heavy (non-hydrogen) atoms. The first-order valence-electron chi connectivity index (χ1n) is 8.41. The normalized spacial score (nSPS) is 25.5. The minimum atomic E-state index is 0.0157. The van der Waals surface area contributed by atoms with Gasteiger partial charge < -0.3 is 10.1 Å². The molecule has 1 aromatic rings. The summed E-state index contributed by atoms with van der Waals surface area (Å²) in [6.45, 7) is 5.47. The van der Waals surface area contributed by atoms with Gasteiger partial charge in [0.25, 0.3) is 0 Å². The monoisotopic (exact) mass is 302 g/mol. The fraction of sp³-hybridized carbons (Fsp3) is 0.611. The number of nitrogens with zero attached hydrogens (tertiary/aromatic N) is 1. The number of aryl methyl sites for hydroxylation is 1. The van der Waals surface area contributed by atoms with Crippen molar-refractivity contribution in [1.82, 2.24) is 10.2 Å². The van der Waals surface area contributed by atoms with Crippen LogP contribution in [0.25, 0.3) is 0 Å². The molecule has 1 N–H and O–H groups in total. The lowest BCUT2D eigenvalue weighted by Crippen LogP contribution is -2.45. The molecule has 120 valence electrons. The summed E-state index contributed by atoms with van der Waals surface area (Å²) in [5.41, 5.74) is 2.56. The minimum Gasteiger partial charge on any atom is -0.376 e. The predicted molar refractivity (Wildman–Crippen MR) is 86.6 cm³/mol. The molecular formula is C18H26N2O2. The molecule has 0 aromatic heterocycles. The molecule has 2 fully saturated rings. The van der Waals surface area contributed by atoms with Gasteiger partial charge in [-0.3, -0.25) is 9.69 Å². The van der Waals surface area contributed by atoms with Crippen LogP contribution in [-0.2, 0) is 16.1 Å². The summed E-state index contributed by atoms with van der Waals surface area (Å²) in [5.74, 6) is 0.167. The number of carbonyl (C=O) groups excluding carboxylic acids is 1. The van der Waals surface area contributed by atoms with E-state index in [2.05, 4.69) is 41.4 Å².